The normalized spacial score (nSPS) is 10.3. The molecule has 1 aromatic carbocycles. The van der Waals surface area contributed by atoms with E-state index in [1.54, 1.807) is 12.1 Å². The van der Waals surface area contributed by atoms with Gasteiger partial charge in [-0.1, -0.05) is 11.6 Å². The first-order chi connectivity index (χ1) is 11.5. The van der Waals surface area contributed by atoms with Gasteiger partial charge < -0.3 is 10.6 Å². The predicted molar refractivity (Wildman–Crippen MR) is 85.8 cm³/mol. The van der Waals surface area contributed by atoms with Crippen molar-refractivity contribution in [3.8, 4) is 0 Å². The maximum absolute atomic E-state index is 13.4. The third kappa shape index (κ3) is 5.27. The van der Waals surface area contributed by atoms with Crippen LogP contribution < -0.4 is 10.6 Å². The predicted octanol–water partition coefficient (Wildman–Crippen LogP) is 3.16. The Morgan fingerprint density at radius 1 is 1.17 bits per heavy atom. The van der Waals surface area contributed by atoms with Crippen molar-refractivity contribution in [2.45, 2.75) is 12.8 Å². The number of rotatable bonds is 6. The maximum atomic E-state index is 13.4. The second-order valence-corrected chi connectivity index (χ2v) is 5.33. The van der Waals surface area contributed by atoms with Crippen LogP contribution in [0.3, 0.4) is 0 Å². The molecule has 0 atom stereocenters. The number of amides is 2. The van der Waals surface area contributed by atoms with Crippen molar-refractivity contribution in [1.82, 2.24) is 10.3 Å². The summed E-state index contributed by atoms with van der Waals surface area (Å²) in [5, 5.41) is 5.51. The van der Waals surface area contributed by atoms with Gasteiger partial charge in [0, 0.05) is 25.2 Å². The molecule has 0 aliphatic carbocycles. The molecular weight excluding hydrogens is 340 g/mol. The lowest BCUT2D eigenvalue weighted by Gasteiger charge is -2.07. The van der Waals surface area contributed by atoms with Crippen molar-refractivity contribution in [2.75, 3.05) is 11.9 Å². The molecular formula is C16H14ClF2N3O2. The van der Waals surface area contributed by atoms with E-state index in [-0.39, 0.29) is 24.4 Å². The minimum atomic E-state index is -0.931. The summed E-state index contributed by atoms with van der Waals surface area (Å²) in [6, 6.07) is 5.88. The number of carbonyl (C=O) groups is 2. The molecule has 0 saturated carbocycles. The minimum absolute atomic E-state index is 0.149. The van der Waals surface area contributed by atoms with Gasteiger partial charge in [-0.25, -0.2) is 13.8 Å². The number of hydrogen-bond acceptors (Lipinski definition) is 3. The molecule has 0 aliphatic rings. The molecule has 0 saturated heterocycles. The van der Waals surface area contributed by atoms with Crippen molar-refractivity contribution in [2.24, 2.45) is 0 Å². The van der Waals surface area contributed by atoms with Gasteiger partial charge in [0.1, 0.15) is 17.5 Å². The van der Waals surface area contributed by atoms with Crippen molar-refractivity contribution in [3.05, 3.63) is 58.7 Å². The Hall–Kier alpha value is -2.54. The van der Waals surface area contributed by atoms with Gasteiger partial charge in [-0.15, -0.1) is 0 Å². The van der Waals surface area contributed by atoms with Gasteiger partial charge in [0.2, 0.25) is 5.91 Å². The van der Waals surface area contributed by atoms with E-state index < -0.39 is 17.5 Å². The molecule has 0 radical (unpaired) electrons. The van der Waals surface area contributed by atoms with Crippen LogP contribution in [-0.4, -0.2) is 23.3 Å². The van der Waals surface area contributed by atoms with Crippen LogP contribution in [0.15, 0.2) is 36.5 Å². The lowest BCUT2D eigenvalue weighted by molar-refractivity contribution is -0.116. The molecule has 126 valence electrons. The summed E-state index contributed by atoms with van der Waals surface area (Å²) in [4.78, 5) is 27.4. The third-order valence-corrected chi connectivity index (χ3v) is 3.26. The SMILES string of the molecule is O=C(CCCNC(=O)c1ccc(F)cc1F)Nc1ccc(Cl)cn1. The highest BCUT2D eigenvalue weighted by atomic mass is 35.5. The highest BCUT2D eigenvalue weighted by Gasteiger charge is 2.12. The smallest absolute Gasteiger partial charge is 0.254 e. The monoisotopic (exact) mass is 353 g/mol. The zero-order valence-electron chi connectivity index (χ0n) is 12.5. The fraction of sp³-hybridized carbons (Fsp3) is 0.188. The van der Waals surface area contributed by atoms with Crippen LogP contribution in [0.25, 0.3) is 0 Å². The van der Waals surface area contributed by atoms with Gasteiger partial charge in [-0.05, 0) is 30.7 Å². The van der Waals surface area contributed by atoms with Crippen molar-refractivity contribution >= 4 is 29.2 Å². The summed E-state index contributed by atoms with van der Waals surface area (Å²) in [5.74, 6) is -2.24. The lowest BCUT2D eigenvalue weighted by Crippen LogP contribution is -2.26. The standard InChI is InChI=1S/C16H14ClF2N3O2/c17-10-3-6-14(21-9-10)22-15(23)2-1-7-20-16(24)12-5-4-11(18)8-13(12)19/h3-6,8-9H,1-2,7H2,(H,20,24)(H,21,22,23). The molecule has 1 heterocycles. The van der Waals surface area contributed by atoms with E-state index in [1.165, 1.54) is 6.20 Å². The van der Waals surface area contributed by atoms with E-state index in [9.17, 15) is 18.4 Å². The van der Waals surface area contributed by atoms with E-state index in [4.69, 9.17) is 11.6 Å². The highest BCUT2D eigenvalue weighted by molar-refractivity contribution is 6.30. The average Bonchev–Trinajstić information content (AvgIpc) is 2.53. The zero-order chi connectivity index (χ0) is 17.5. The van der Waals surface area contributed by atoms with E-state index in [0.717, 1.165) is 12.1 Å². The van der Waals surface area contributed by atoms with Crippen LogP contribution in [0.1, 0.15) is 23.2 Å². The number of aromatic nitrogens is 1. The van der Waals surface area contributed by atoms with E-state index in [0.29, 0.717) is 23.3 Å². The van der Waals surface area contributed by atoms with Crippen LogP contribution >= 0.6 is 11.6 Å². The minimum Gasteiger partial charge on any atom is -0.352 e. The largest absolute Gasteiger partial charge is 0.352 e. The summed E-state index contributed by atoms with van der Waals surface area (Å²) in [6.45, 7) is 0.178. The van der Waals surface area contributed by atoms with E-state index in [1.807, 2.05) is 0 Å². The second kappa shape index (κ2) is 8.35. The number of pyridine rings is 1. The summed E-state index contributed by atoms with van der Waals surface area (Å²) >= 11 is 5.69. The molecule has 2 rings (SSSR count). The first-order valence-electron chi connectivity index (χ1n) is 7.10. The van der Waals surface area contributed by atoms with Crippen molar-refractivity contribution in [1.29, 1.82) is 0 Å². The van der Waals surface area contributed by atoms with Crippen LogP contribution in [0.4, 0.5) is 14.6 Å². The van der Waals surface area contributed by atoms with Gasteiger partial charge in [0.25, 0.3) is 5.91 Å². The molecule has 24 heavy (non-hydrogen) atoms. The fourth-order valence-corrected chi connectivity index (χ4v) is 1.99. The van der Waals surface area contributed by atoms with Crippen molar-refractivity contribution in [3.63, 3.8) is 0 Å². The number of hydrogen-bond donors (Lipinski definition) is 2. The molecule has 0 unspecified atom stereocenters. The molecule has 2 amide bonds. The first kappa shape index (κ1) is 17.8. The third-order valence-electron chi connectivity index (χ3n) is 3.04. The highest BCUT2D eigenvalue weighted by Crippen LogP contribution is 2.10. The molecule has 0 fully saturated rings. The molecule has 0 bridgehead atoms. The average molecular weight is 354 g/mol. The Kier molecular flexibility index (Phi) is 6.20. The molecule has 0 spiro atoms. The summed E-state index contributed by atoms with van der Waals surface area (Å²) in [7, 11) is 0. The molecule has 0 aliphatic heterocycles. The van der Waals surface area contributed by atoms with Gasteiger partial charge in [0.15, 0.2) is 0 Å². The molecule has 8 heteroatoms. The number of nitrogens with zero attached hydrogens (tertiary/aromatic N) is 1. The number of carbonyl (C=O) groups excluding carboxylic acids is 2. The first-order valence-corrected chi connectivity index (χ1v) is 7.48. The van der Waals surface area contributed by atoms with Crippen LogP contribution in [-0.2, 0) is 4.79 Å². The maximum Gasteiger partial charge on any atom is 0.254 e. The number of halogens is 3. The molecule has 2 N–H and O–H groups in total. The number of nitrogens with one attached hydrogen (secondary N) is 2. The zero-order valence-corrected chi connectivity index (χ0v) is 13.2. The molecule has 5 nitrogen and oxygen atoms in total. The second-order valence-electron chi connectivity index (χ2n) is 4.89. The summed E-state index contributed by atoms with van der Waals surface area (Å²) in [6.07, 6.45) is 1.92. The number of benzene rings is 1. The topological polar surface area (TPSA) is 71.1 Å². The van der Waals surface area contributed by atoms with Crippen LogP contribution in [0.5, 0.6) is 0 Å². The fourth-order valence-electron chi connectivity index (χ4n) is 1.87. The Balaban J connectivity index is 1.73. The lowest BCUT2D eigenvalue weighted by atomic mass is 10.2. The Labute approximate surface area is 142 Å². The Morgan fingerprint density at radius 2 is 1.96 bits per heavy atom. The molecule has 1 aromatic heterocycles. The number of anilines is 1. The summed E-state index contributed by atoms with van der Waals surface area (Å²) in [5.41, 5.74) is -0.244. The summed E-state index contributed by atoms with van der Waals surface area (Å²) < 4.78 is 26.2. The van der Waals surface area contributed by atoms with Gasteiger partial charge in [0.05, 0.1) is 10.6 Å². The van der Waals surface area contributed by atoms with Crippen molar-refractivity contribution < 1.29 is 18.4 Å². The van der Waals surface area contributed by atoms with Gasteiger partial charge in [-0.3, -0.25) is 9.59 Å². The Morgan fingerprint density at radius 3 is 2.62 bits per heavy atom. The quantitative estimate of drug-likeness (QED) is 0.784. The van der Waals surface area contributed by atoms with Crippen LogP contribution in [0, 0.1) is 11.6 Å². The Bertz CT molecular complexity index is 739. The van der Waals surface area contributed by atoms with Gasteiger partial charge >= 0.3 is 0 Å². The molecule has 2 aromatic rings. The van der Waals surface area contributed by atoms with E-state index in [2.05, 4.69) is 15.6 Å². The van der Waals surface area contributed by atoms with E-state index >= 15 is 0 Å². The van der Waals surface area contributed by atoms with Gasteiger partial charge in [-0.2, -0.15) is 0 Å². The van der Waals surface area contributed by atoms with Crippen LogP contribution in [0.2, 0.25) is 5.02 Å².